The fraction of sp³-hybridized carbons (Fsp3) is 0.385. The van der Waals surface area contributed by atoms with Crippen molar-refractivity contribution in [3.05, 3.63) is 23.3 Å². The molecule has 0 spiro atoms. The Hall–Kier alpha value is -2.04. The average Bonchev–Trinajstić information content (AvgIpc) is 2.28. The number of aryl methyl sites for hydroxylation is 2. The molecule has 1 N–H and O–H groups in total. The van der Waals surface area contributed by atoms with Crippen LogP contribution in [-0.4, -0.2) is 26.1 Å². The van der Waals surface area contributed by atoms with Crippen LogP contribution in [0.5, 0.6) is 5.75 Å². The van der Waals surface area contributed by atoms with E-state index in [9.17, 15) is 9.59 Å². The third-order valence-electron chi connectivity index (χ3n) is 2.48. The fourth-order valence-corrected chi connectivity index (χ4v) is 1.75. The smallest absolute Gasteiger partial charge is 0.315 e. The van der Waals surface area contributed by atoms with Gasteiger partial charge in [0.1, 0.15) is 12.2 Å². The van der Waals surface area contributed by atoms with Gasteiger partial charge in [-0.05, 0) is 37.1 Å². The van der Waals surface area contributed by atoms with E-state index in [2.05, 4.69) is 10.1 Å². The van der Waals surface area contributed by atoms with Gasteiger partial charge < -0.3 is 14.8 Å². The second kappa shape index (κ2) is 6.05. The van der Waals surface area contributed by atoms with Crippen molar-refractivity contribution in [1.82, 2.24) is 0 Å². The zero-order valence-electron chi connectivity index (χ0n) is 11.0. The average molecular weight is 251 g/mol. The number of hydrogen-bond donors (Lipinski definition) is 1. The maximum absolute atomic E-state index is 11.5. The van der Waals surface area contributed by atoms with Gasteiger partial charge in [-0.2, -0.15) is 0 Å². The minimum atomic E-state index is -0.561. The van der Waals surface area contributed by atoms with Crippen LogP contribution in [-0.2, 0) is 14.3 Å². The van der Waals surface area contributed by atoms with Gasteiger partial charge in [0.05, 0.1) is 14.2 Å². The zero-order valence-corrected chi connectivity index (χ0v) is 11.0. The minimum absolute atomic E-state index is 0.291. The Labute approximate surface area is 106 Å². The van der Waals surface area contributed by atoms with E-state index >= 15 is 0 Å². The molecule has 0 bridgehead atoms. The molecule has 0 saturated heterocycles. The van der Waals surface area contributed by atoms with Crippen molar-refractivity contribution in [1.29, 1.82) is 0 Å². The first-order chi connectivity index (χ1) is 8.47. The summed E-state index contributed by atoms with van der Waals surface area (Å²) >= 11 is 0. The lowest BCUT2D eigenvalue weighted by molar-refractivity contribution is -0.142. The number of methoxy groups -OCH3 is 2. The lowest BCUT2D eigenvalue weighted by atomic mass is 10.1. The summed E-state index contributed by atoms with van der Waals surface area (Å²) in [6.45, 7) is 3.78. The monoisotopic (exact) mass is 251 g/mol. The third-order valence-corrected chi connectivity index (χ3v) is 2.48. The van der Waals surface area contributed by atoms with Crippen molar-refractivity contribution in [2.75, 3.05) is 19.5 Å². The lowest BCUT2D eigenvalue weighted by Crippen LogP contribution is -2.17. The summed E-state index contributed by atoms with van der Waals surface area (Å²) in [6, 6.07) is 3.59. The maximum Gasteiger partial charge on any atom is 0.315 e. The molecule has 5 heteroatoms. The van der Waals surface area contributed by atoms with Gasteiger partial charge in [-0.15, -0.1) is 0 Å². The number of benzene rings is 1. The lowest BCUT2D eigenvalue weighted by Gasteiger charge is -2.12. The van der Waals surface area contributed by atoms with Crippen LogP contribution in [0.25, 0.3) is 0 Å². The van der Waals surface area contributed by atoms with Crippen molar-refractivity contribution in [3.8, 4) is 5.75 Å². The SMILES string of the molecule is COC(=O)CC(=O)Nc1cc(C)c(OC)c(C)c1. The predicted molar refractivity (Wildman–Crippen MR) is 67.7 cm³/mol. The van der Waals surface area contributed by atoms with E-state index in [1.807, 2.05) is 13.8 Å². The summed E-state index contributed by atoms with van der Waals surface area (Å²) in [7, 11) is 2.85. The number of ether oxygens (including phenoxy) is 2. The van der Waals surface area contributed by atoms with Gasteiger partial charge in [-0.25, -0.2) is 0 Å². The zero-order chi connectivity index (χ0) is 13.7. The predicted octanol–water partition coefficient (Wildman–Crippen LogP) is 1.81. The molecule has 5 nitrogen and oxygen atoms in total. The van der Waals surface area contributed by atoms with Crippen LogP contribution in [0.1, 0.15) is 17.5 Å². The molecule has 1 amide bonds. The van der Waals surface area contributed by atoms with Gasteiger partial charge in [0, 0.05) is 5.69 Å². The second-order valence-corrected chi connectivity index (χ2v) is 3.94. The molecule has 1 aromatic rings. The second-order valence-electron chi connectivity index (χ2n) is 3.94. The van der Waals surface area contributed by atoms with E-state index < -0.39 is 11.9 Å². The molecule has 98 valence electrons. The fourth-order valence-electron chi connectivity index (χ4n) is 1.75. The molecule has 18 heavy (non-hydrogen) atoms. The highest BCUT2D eigenvalue weighted by Crippen LogP contribution is 2.26. The number of hydrogen-bond acceptors (Lipinski definition) is 4. The summed E-state index contributed by atoms with van der Waals surface area (Å²) in [6.07, 6.45) is -0.291. The molecule has 0 aliphatic heterocycles. The summed E-state index contributed by atoms with van der Waals surface area (Å²) in [5, 5.41) is 2.64. The number of nitrogens with one attached hydrogen (secondary N) is 1. The molecule has 0 unspecified atom stereocenters. The van der Waals surface area contributed by atoms with Crippen LogP contribution in [0.3, 0.4) is 0 Å². The molecular formula is C13H17NO4. The van der Waals surface area contributed by atoms with Gasteiger partial charge in [0.2, 0.25) is 5.91 Å². The van der Waals surface area contributed by atoms with E-state index in [-0.39, 0.29) is 6.42 Å². The number of rotatable bonds is 4. The van der Waals surface area contributed by atoms with Crippen molar-refractivity contribution in [2.45, 2.75) is 20.3 Å². The van der Waals surface area contributed by atoms with E-state index in [1.165, 1.54) is 7.11 Å². The maximum atomic E-state index is 11.5. The van der Waals surface area contributed by atoms with Gasteiger partial charge in [0.15, 0.2) is 0 Å². The molecule has 0 aliphatic rings. The first-order valence-corrected chi connectivity index (χ1v) is 5.49. The van der Waals surface area contributed by atoms with Crippen LogP contribution in [0.15, 0.2) is 12.1 Å². The molecule has 0 saturated carbocycles. The molecule has 0 radical (unpaired) electrons. The van der Waals surface area contributed by atoms with Crippen molar-refractivity contribution >= 4 is 17.6 Å². The van der Waals surface area contributed by atoms with Gasteiger partial charge >= 0.3 is 5.97 Å². The largest absolute Gasteiger partial charge is 0.496 e. The third kappa shape index (κ3) is 3.48. The van der Waals surface area contributed by atoms with Crippen LogP contribution in [0, 0.1) is 13.8 Å². The van der Waals surface area contributed by atoms with E-state index in [1.54, 1.807) is 19.2 Å². The Morgan fingerprint density at radius 2 is 1.72 bits per heavy atom. The summed E-state index contributed by atoms with van der Waals surface area (Å²) in [5.74, 6) is -0.166. The van der Waals surface area contributed by atoms with E-state index in [0.29, 0.717) is 5.69 Å². The number of anilines is 1. The normalized spacial score (nSPS) is 9.78. The Morgan fingerprint density at radius 1 is 1.17 bits per heavy atom. The summed E-state index contributed by atoms with van der Waals surface area (Å²) < 4.78 is 9.65. The highest BCUT2D eigenvalue weighted by Gasteiger charge is 2.11. The first-order valence-electron chi connectivity index (χ1n) is 5.49. The molecule has 1 rings (SSSR count). The van der Waals surface area contributed by atoms with Crippen LogP contribution >= 0.6 is 0 Å². The van der Waals surface area contributed by atoms with Crippen LogP contribution in [0.2, 0.25) is 0 Å². The Balaban J connectivity index is 2.80. The summed E-state index contributed by atoms with van der Waals surface area (Å²) in [5.41, 5.74) is 2.48. The van der Waals surface area contributed by atoms with Gasteiger partial charge in [-0.1, -0.05) is 0 Å². The topological polar surface area (TPSA) is 64.6 Å². The number of carbonyl (C=O) groups excluding carboxylic acids is 2. The first kappa shape index (κ1) is 14.0. The van der Waals surface area contributed by atoms with Gasteiger partial charge in [-0.3, -0.25) is 9.59 Å². The van der Waals surface area contributed by atoms with Crippen LogP contribution < -0.4 is 10.1 Å². The quantitative estimate of drug-likeness (QED) is 0.654. The highest BCUT2D eigenvalue weighted by atomic mass is 16.5. The molecule has 0 aliphatic carbocycles. The Bertz CT molecular complexity index is 445. The van der Waals surface area contributed by atoms with E-state index in [4.69, 9.17) is 4.74 Å². The van der Waals surface area contributed by atoms with Crippen molar-refractivity contribution in [3.63, 3.8) is 0 Å². The molecule has 0 heterocycles. The van der Waals surface area contributed by atoms with Crippen molar-refractivity contribution < 1.29 is 19.1 Å². The number of carbonyl (C=O) groups is 2. The number of amides is 1. The Kier molecular flexibility index (Phi) is 4.71. The van der Waals surface area contributed by atoms with E-state index in [0.717, 1.165) is 16.9 Å². The molecular weight excluding hydrogens is 234 g/mol. The highest BCUT2D eigenvalue weighted by molar-refractivity contribution is 6.01. The van der Waals surface area contributed by atoms with Crippen LogP contribution in [0.4, 0.5) is 5.69 Å². The number of esters is 1. The summed E-state index contributed by atoms with van der Waals surface area (Å²) in [4.78, 5) is 22.5. The standard InChI is InChI=1S/C13H17NO4/c1-8-5-10(6-9(2)13(8)18-4)14-11(15)7-12(16)17-3/h5-6H,7H2,1-4H3,(H,14,15). The molecule has 0 atom stereocenters. The molecule has 0 fully saturated rings. The molecule has 1 aromatic carbocycles. The molecule has 0 aromatic heterocycles. The Morgan fingerprint density at radius 3 is 2.17 bits per heavy atom. The van der Waals surface area contributed by atoms with Crippen molar-refractivity contribution in [2.24, 2.45) is 0 Å². The minimum Gasteiger partial charge on any atom is -0.496 e. The van der Waals surface area contributed by atoms with Gasteiger partial charge in [0.25, 0.3) is 0 Å².